The molecule has 16 heavy (non-hydrogen) atoms. The third kappa shape index (κ3) is 3.31. The van der Waals surface area contributed by atoms with Gasteiger partial charge in [0.15, 0.2) is 0 Å². The molecule has 1 heterocycles. The first-order chi connectivity index (χ1) is 7.69. The standard InChI is InChI=1S/C10H14N4OS/c1-14(5-2-4-11)7-8-3-6-16-9(8)10(15)13-12/h3,6H,2,5,7,12H2,1H3,(H,13,15). The average molecular weight is 238 g/mol. The lowest BCUT2D eigenvalue weighted by molar-refractivity contribution is 0.0956. The van der Waals surface area contributed by atoms with Crippen LogP contribution >= 0.6 is 11.3 Å². The SMILES string of the molecule is CN(CCC#N)Cc1ccsc1C(=O)NN. The molecule has 6 heteroatoms. The Hall–Kier alpha value is -1.42. The highest BCUT2D eigenvalue weighted by Gasteiger charge is 2.12. The van der Waals surface area contributed by atoms with Crippen LogP contribution in [0.1, 0.15) is 21.7 Å². The number of hydrogen-bond acceptors (Lipinski definition) is 5. The van der Waals surface area contributed by atoms with Gasteiger partial charge in [0.2, 0.25) is 0 Å². The molecule has 0 unspecified atom stereocenters. The van der Waals surface area contributed by atoms with E-state index in [1.54, 1.807) is 0 Å². The monoisotopic (exact) mass is 238 g/mol. The molecule has 0 fully saturated rings. The van der Waals surface area contributed by atoms with E-state index >= 15 is 0 Å². The molecule has 1 aromatic heterocycles. The Bertz CT molecular complexity index is 396. The highest BCUT2D eigenvalue weighted by molar-refractivity contribution is 7.12. The number of nitrogen functional groups attached to an aromatic ring is 1. The number of hydrogen-bond donors (Lipinski definition) is 2. The Balaban J connectivity index is 2.63. The first-order valence-electron chi connectivity index (χ1n) is 4.82. The lowest BCUT2D eigenvalue weighted by Gasteiger charge is -2.14. The number of nitrogens with two attached hydrogens (primary N) is 1. The number of nitrogens with zero attached hydrogens (tertiary/aromatic N) is 2. The topological polar surface area (TPSA) is 82.2 Å². The highest BCUT2D eigenvalue weighted by Crippen LogP contribution is 2.18. The van der Waals surface area contributed by atoms with Gasteiger partial charge in [-0.3, -0.25) is 10.2 Å². The molecule has 0 atom stereocenters. The molecule has 0 aliphatic heterocycles. The van der Waals surface area contributed by atoms with Crippen molar-refractivity contribution in [2.24, 2.45) is 5.84 Å². The van der Waals surface area contributed by atoms with Gasteiger partial charge in [-0.25, -0.2) is 5.84 Å². The van der Waals surface area contributed by atoms with Crippen LogP contribution in [0.15, 0.2) is 11.4 Å². The van der Waals surface area contributed by atoms with Crippen LogP contribution in [0.3, 0.4) is 0 Å². The smallest absolute Gasteiger partial charge is 0.275 e. The van der Waals surface area contributed by atoms with Crippen molar-refractivity contribution in [2.45, 2.75) is 13.0 Å². The fraction of sp³-hybridized carbons (Fsp3) is 0.400. The summed E-state index contributed by atoms with van der Waals surface area (Å²) in [7, 11) is 1.92. The third-order valence-electron chi connectivity index (χ3n) is 2.13. The number of carbonyl (C=O) groups is 1. The zero-order chi connectivity index (χ0) is 12.0. The van der Waals surface area contributed by atoms with Gasteiger partial charge in [-0.1, -0.05) is 0 Å². The van der Waals surface area contributed by atoms with Crippen LogP contribution in [0.5, 0.6) is 0 Å². The summed E-state index contributed by atoms with van der Waals surface area (Å²) in [6, 6.07) is 3.99. The van der Waals surface area contributed by atoms with Crippen molar-refractivity contribution in [3.05, 3.63) is 21.9 Å². The van der Waals surface area contributed by atoms with Crippen LogP contribution in [-0.4, -0.2) is 24.4 Å². The number of hydrazine groups is 1. The number of nitriles is 1. The Morgan fingerprint density at radius 3 is 3.12 bits per heavy atom. The summed E-state index contributed by atoms with van der Waals surface area (Å²) in [5.41, 5.74) is 3.06. The molecule has 0 aromatic carbocycles. The zero-order valence-corrected chi connectivity index (χ0v) is 9.88. The molecule has 1 rings (SSSR count). The van der Waals surface area contributed by atoms with E-state index < -0.39 is 0 Å². The highest BCUT2D eigenvalue weighted by atomic mass is 32.1. The van der Waals surface area contributed by atoms with E-state index in [1.807, 2.05) is 23.4 Å². The van der Waals surface area contributed by atoms with Gasteiger partial charge in [0, 0.05) is 19.5 Å². The first kappa shape index (κ1) is 12.6. The molecule has 0 bridgehead atoms. The minimum Gasteiger partial charge on any atom is -0.301 e. The normalized spacial score (nSPS) is 10.1. The molecule has 1 amide bonds. The predicted octanol–water partition coefficient (Wildman–Crippen LogP) is 0.697. The molecule has 86 valence electrons. The van der Waals surface area contributed by atoms with Crippen LogP contribution in [-0.2, 0) is 6.54 Å². The van der Waals surface area contributed by atoms with Crippen molar-refractivity contribution in [3.63, 3.8) is 0 Å². The van der Waals surface area contributed by atoms with Gasteiger partial charge >= 0.3 is 0 Å². The van der Waals surface area contributed by atoms with E-state index in [0.717, 1.165) is 5.56 Å². The predicted molar refractivity (Wildman–Crippen MR) is 62.5 cm³/mol. The van der Waals surface area contributed by atoms with Crippen molar-refractivity contribution < 1.29 is 4.79 Å². The molecule has 0 aliphatic carbocycles. The Morgan fingerprint density at radius 2 is 2.50 bits per heavy atom. The Labute approximate surface area is 98.4 Å². The average Bonchev–Trinajstić information content (AvgIpc) is 2.73. The van der Waals surface area contributed by atoms with Gasteiger partial charge in [0.25, 0.3) is 5.91 Å². The lowest BCUT2D eigenvalue weighted by Crippen LogP contribution is -2.30. The van der Waals surface area contributed by atoms with Gasteiger partial charge in [-0.2, -0.15) is 5.26 Å². The maximum Gasteiger partial charge on any atom is 0.275 e. The minimum absolute atomic E-state index is 0.265. The van der Waals surface area contributed by atoms with Crippen molar-refractivity contribution in [3.8, 4) is 6.07 Å². The van der Waals surface area contributed by atoms with Crippen molar-refractivity contribution in [2.75, 3.05) is 13.6 Å². The molecule has 3 N–H and O–H groups in total. The summed E-state index contributed by atoms with van der Waals surface area (Å²) < 4.78 is 0. The number of thiophene rings is 1. The largest absolute Gasteiger partial charge is 0.301 e. The van der Waals surface area contributed by atoms with Crippen LogP contribution in [0, 0.1) is 11.3 Å². The summed E-state index contributed by atoms with van der Waals surface area (Å²) >= 11 is 1.36. The molecule has 5 nitrogen and oxygen atoms in total. The third-order valence-corrected chi connectivity index (χ3v) is 3.09. The van der Waals surface area contributed by atoms with E-state index in [4.69, 9.17) is 11.1 Å². The minimum atomic E-state index is -0.265. The van der Waals surface area contributed by atoms with Crippen molar-refractivity contribution in [1.29, 1.82) is 5.26 Å². The van der Waals surface area contributed by atoms with Gasteiger partial charge in [-0.15, -0.1) is 11.3 Å². The fourth-order valence-corrected chi connectivity index (χ4v) is 2.15. The molecular weight excluding hydrogens is 224 g/mol. The van der Waals surface area contributed by atoms with Gasteiger partial charge in [0.1, 0.15) is 0 Å². The van der Waals surface area contributed by atoms with E-state index in [2.05, 4.69) is 11.5 Å². The second kappa shape index (κ2) is 6.23. The molecule has 1 aromatic rings. The molecule has 0 saturated carbocycles. The van der Waals surface area contributed by atoms with E-state index in [1.165, 1.54) is 11.3 Å². The summed E-state index contributed by atoms with van der Waals surface area (Å²) in [4.78, 5) is 14.0. The molecule has 0 radical (unpaired) electrons. The molecule has 0 saturated heterocycles. The molecule has 0 spiro atoms. The number of amides is 1. The molecular formula is C10H14N4OS. The van der Waals surface area contributed by atoms with Crippen LogP contribution in [0.2, 0.25) is 0 Å². The quantitative estimate of drug-likeness (QED) is 0.449. The van der Waals surface area contributed by atoms with Crippen LogP contribution in [0.25, 0.3) is 0 Å². The summed E-state index contributed by atoms with van der Waals surface area (Å²) in [6.07, 6.45) is 0.485. The van der Waals surface area contributed by atoms with Crippen LogP contribution < -0.4 is 11.3 Å². The van der Waals surface area contributed by atoms with Gasteiger partial charge in [-0.05, 0) is 24.1 Å². The Kier molecular flexibility index (Phi) is 4.92. The van der Waals surface area contributed by atoms with Crippen molar-refractivity contribution >= 4 is 17.2 Å². The lowest BCUT2D eigenvalue weighted by atomic mass is 10.2. The molecule has 0 aliphatic rings. The van der Waals surface area contributed by atoms with Crippen LogP contribution in [0.4, 0.5) is 0 Å². The fourth-order valence-electron chi connectivity index (χ4n) is 1.34. The summed E-state index contributed by atoms with van der Waals surface area (Å²) in [6.45, 7) is 1.34. The summed E-state index contributed by atoms with van der Waals surface area (Å²) in [5, 5.41) is 10.3. The van der Waals surface area contributed by atoms with Gasteiger partial charge in [0.05, 0.1) is 10.9 Å². The number of rotatable bonds is 5. The number of carbonyl (C=O) groups excluding carboxylic acids is 1. The maximum atomic E-state index is 11.4. The Morgan fingerprint density at radius 1 is 1.75 bits per heavy atom. The van der Waals surface area contributed by atoms with E-state index in [-0.39, 0.29) is 5.91 Å². The van der Waals surface area contributed by atoms with Crippen molar-refractivity contribution in [1.82, 2.24) is 10.3 Å². The number of nitrogens with one attached hydrogen (secondary N) is 1. The zero-order valence-electron chi connectivity index (χ0n) is 9.06. The second-order valence-electron chi connectivity index (χ2n) is 3.39. The van der Waals surface area contributed by atoms with E-state index in [9.17, 15) is 4.79 Å². The van der Waals surface area contributed by atoms with E-state index in [0.29, 0.717) is 24.4 Å². The maximum absolute atomic E-state index is 11.4. The van der Waals surface area contributed by atoms with Gasteiger partial charge < -0.3 is 4.90 Å². The summed E-state index contributed by atoms with van der Waals surface area (Å²) in [5.74, 6) is 4.83. The second-order valence-corrected chi connectivity index (χ2v) is 4.31. The first-order valence-corrected chi connectivity index (χ1v) is 5.69.